The SMILES string of the molecule is Cc1c[nH]c2c1C=CC(C)C=C2. The number of nitrogens with one attached hydrogen (secondary N) is 1. The highest BCUT2D eigenvalue weighted by molar-refractivity contribution is 5.68. The number of aryl methyl sites for hydroxylation is 1. The molecule has 0 saturated heterocycles. The number of rotatable bonds is 0. The lowest BCUT2D eigenvalue weighted by molar-refractivity contribution is 0.953. The van der Waals surface area contributed by atoms with Crippen LogP contribution < -0.4 is 0 Å². The molecule has 1 unspecified atom stereocenters. The van der Waals surface area contributed by atoms with E-state index in [1.807, 2.05) is 0 Å². The summed E-state index contributed by atoms with van der Waals surface area (Å²) in [5.74, 6) is 0.546. The molecule has 0 radical (unpaired) electrons. The topological polar surface area (TPSA) is 15.8 Å². The van der Waals surface area contributed by atoms with Crippen molar-refractivity contribution in [3.63, 3.8) is 0 Å². The molecule has 0 fully saturated rings. The van der Waals surface area contributed by atoms with Gasteiger partial charge in [0.25, 0.3) is 0 Å². The lowest BCUT2D eigenvalue weighted by Crippen LogP contribution is -1.77. The fourth-order valence-corrected chi connectivity index (χ4v) is 1.47. The lowest BCUT2D eigenvalue weighted by Gasteiger charge is -1.92. The summed E-state index contributed by atoms with van der Waals surface area (Å²) in [5.41, 5.74) is 3.88. The van der Waals surface area contributed by atoms with E-state index in [4.69, 9.17) is 0 Å². The fraction of sp³-hybridized carbons (Fsp3) is 0.273. The van der Waals surface area contributed by atoms with Crippen molar-refractivity contribution in [3.8, 4) is 0 Å². The summed E-state index contributed by atoms with van der Waals surface area (Å²) >= 11 is 0. The molecule has 1 aliphatic carbocycles. The Morgan fingerprint density at radius 1 is 1.25 bits per heavy atom. The van der Waals surface area contributed by atoms with Gasteiger partial charge in [0.1, 0.15) is 0 Å². The minimum absolute atomic E-state index is 0.546. The van der Waals surface area contributed by atoms with Gasteiger partial charge in [-0.05, 0) is 24.5 Å². The van der Waals surface area contributed by atoms with Crippen LogP contribution in [0.3, 0.4) is 0 Å². The average Bonchev–Trinajstić information content (AvgIpc) is 2.28. The molecule has 0 saturated carbocycles. The maximum absolute atomic E-state index is 3.25. The van der Waals surface area contributed by atoms with Crippen LogP contribution in [0.4, 0.5) is 0 Å². The standard InChI is InChI=1S/C11H13N/c1-8-3-5-10-9(2)7-12-11(10)6-4-8/h3-8,12H,1-2H3. The van der Waals surface area contributed by atoms with Gasteiger partial charge in [-0.15, -0.1) is 0 Å². The molecule has 1 heterocycles. The molecule has 1 aliphatic rings. The van der Waals surface area contributed by atoms with Crippen LogP contribution in [0.15, 0.2) is 18.3 Å². The van der Waals surface area contributed by atoms with Crippen LogP contribution in [0, 0.1) is 12.8 Å². The molecule has 2 rings (SSSR count). The normalized spacial score (nSPS) is 20.7. The van der Waals surface area contributed by atoms with Gasteiger partial charge in [-0.3, -0.25) is 0 Å². The molecule has 12 heavy (non-hydrogen) atoms. The van der Waals surface area contributed by atoms with E-state index < -0.39 is 0 Å². The minimum Gasteiger partial charge on any atom is -0.361 e. The van der Waals surface area contributed by atoms with E-state index in [9.17, 15) is 0 Å². The van der Waals surface area contributed by atoms with Crippen molar-refractivity contribution in [1.29, 1.82) is 0 Å². The van der Waals surface area contributed by atoms with Gasteiger partial charge in [-0.25, -0.2) is 0 Å². The number of allylic oxidation sites excluding steroid dienone is 2. The van der Waals surface area contributed by atoms with Crippen molar-refractivity contribution in [3.05, 3.63) is 35.2 Å². The van der Waals surface area contributed by atoms with E-state index in [-0.39, 0.29) is 0 Å². The smallest absolute Gasteiger partial charge is 0.0453 e. The Hall–Kier alpha value is -1.24. The van der Waals surface area contributed by atoms with Gasteiger partial charge in [-0.2, -0.15) is 0 Å². The van der Waals surface area contributed by atoms with Crippen molar-refractivity contribution in [2.24, 2.45) is 5.92 Å². The number of H-pyrrole nitrogens is 1. The lowest BCUT2D eigenvalue weighted by atomic mass is 10.1. The molecule has 1 aromatic rings. The summed E-state index contributed by atoms with van der Waals surface area (Å²) in [6.45, 7) is 4.32. The first-order valence-electron chi connectivity index (χ1n) is 4.32. The third-order valence-corrected chi connectivity index (χ3v) is 2.29. The molecule has 1 N–H and O–H groups in total. The third kappa shape index (κ3) is 1.11. The second kappa shape index (κ2) is 2.67. The Balaban J connectivity index is 2.54. The van der Waals surface area contributed by atoms with E-state index in [1.54, 1.807) is 0 Å². The highest BCUT2D eigenvalue weighted by atomic mass is 14.7. The highest BCUT2D eigenvalue weighted by Crippen LogP contribution is 2.21. The van der Waals surface area contributed by atoms with Crippen molar-refractivity contribution < 1.29 is 0 Å². The Morgan fingerprint density at radius 2 is 2.00 bits per heavy atom. The molecular weight excluding hydrogens is 146 g/mol. The Morgan fingerprint density at radius 3 is 2.83 bits per heavy atom. The van der Waals surface area contributed by atoms with E-state index in [0.29, 0.717) is 5.92 Å². The van der Waals surface area contributed by atoms with Crippen LogP contribution in [0.1, 0.15) is 23.7 Å². The molecule has 0 spiro atoms. The summed E-state index contributed by atoms with van der Waals surface area (Å²) < 4.78 is 0. The van der Waals surface area contributed by atoms with Crippen LogP contribution in [0.25, 0.3) is 12.2 Å². The molecule has 62 valence electrons. The second-order valence-electron chi connectivity index (χ2n) is 3.38. The minimum atomic E-state index is 0.546. The Kier molecular flexibility index (Phi) is 1.65. The Bertz CT molecular complexity index is 342. The first-order chi connectivity index (χ1) is 5.77. The molecule has 1 heteroatoms. The van der Waals surface area contributed by atoms with Gasteiger partial charge in [0.15, 0.2) is 0 Å². The summed E-state index contributed by atoms with van der Waals surface area (Å²) in [5, 5.41) is 0. The largest absolute Gasteiger partial charge is 0.361 e. The van der Waals surface area contributed by atoms with Crippen molar-refractivity contribution in [1.82, 2.24) is 4.98 Å². The van der Waals surface area contributed by atoms with E-state index >= 15 is 0 Å². The van der Waals surface area contributed by atoms with Crippen LogP contribution >= 0.6 is 0 Å². The van der Waals surface area contributed by atoms with E-state index in [0.717, 1.165) is 0 Å². The van der Waals surface area contributed by atoms with E-state index in [1.165, 1.54) is 16.8 Å². The van der Waals surface area contributed by atoms with Gasteiger partial charge in [0.2, 0.25) is 0 Å². The summed E-state index contributed by atoms with van der Waals surface area (Å²) in [6, 6.07) is 0. The van der Waals surface area contributed by atoms with Crippen molar-refractivity contribution in [2.75, 3.05) is 0 Å². The maximum Gasteiger partial charge on any atom is 0.0453 e. The van der Waals surface area contributed by atoms with Gasteiger partial charge in [-0.1, -0.05) is 25.2 Å². The molecule has 1 atom stereocenters. The van der Waals surface area contributed by atoms with Gasteiger partial charge >= 0.3 is 0 Å². The van der Waals surface area contributed by atoms with Crippen molar-refractivity contribution >= 4 is 12.2 Å². The fourth-order valence-electron chi connectivity index (χ4n) is 1.47. The van der Waals surface area contributed by atoms with Crippen LogP contribution in [-0.4, -0.2) is 4.98 Å². The highest BCUT2D eigenvalue weighted by Gasteiger charge is 2.05. The first-order valence-corrected chi connectivity index (χ1v) is 4.32. The summed E-state index contributed by atoms with van der Waals surface area (Å²) in [6.07, 6.45) is 10.8. The molecular formula is C11H13N. The monoisotopic (exact) mass is 159 g/mol. The van der Waals surface area contributed by atoms with Gasteiger partial charge in [0.05, 0.1) is 0 Å². The maximum atomic E-state index is 3.25. The average molecular weight is 159 g/mol. The number of hydrogen-bond donors (Lipinski definition) is 1. The number of aromatic amines is 1. The molecule has 0 amide bonds. The summed E-state index contributed by atoms with van der Waals surface area (Å²) in [4.78, 5) is 3.25. The Labute approximate surface area is 72.8 Å². The molecule has 0 aliphatic heterocycles. The zero-order valence-corrected chi connectivity index (χ0v) is 7.46. The van der Waals surface area contributed by atoms with Crippen LogP contribution in [0.5, 0.6) is 0 Å². The van der Waals surface area contributed by atoms with Crippen LogP contribution in [0.2, 0.25) is 0 Å². The predicted molar refractivity (Wildman–Crippen MR) is 52.8 cm³/mol. The third-order valence-electron chi connectivity index (χ3n) is 2.29. The number of hydrogen-bond acceptors (Lipinski definition) is 0. The number of fused-ring (bicyclic) bond motifs is 1. The molecule has 0 aromatic carbocycles. The number of aromatic nitrogens is 1. The zero-order chi connectivity index (χ0) is 8.55. The molecule has 0 bridgehead atoms. The van der Waals surface area contributed by atoms with Gasteiger partial charge < -0.3 is 4.98 Å². The zero-order valence-electron chi connectivity index (χ0n) is 7.46. The second-order valence-corrected chi connectivity index (χ2v) is 3.38. The quantitative estimate of drug-likeness (QED) is 0.599. The van der Waals surface area contributed by atoms with E-state index in [2.05, 4.69) is 49.3 Å². The molecule has 1 aromatic heterocycles. The van der Waals surface area contributed by atoms with Crippen LogP contribution in [-0.2, 0) is 0 Å². The van der Waals surface area contributed by atoms with Crippen molar-refractivity contribution in [2.45, 2.75) is 13.8 Å². The van der Waals surface area contributed by atoms with Gasteiger partial charge in [0, 0.05) is 17.5 Å². The predicted octanol–water partition coefficient (Wildman–Crippen LogP) is 3.00. The summed E-state index contributed by atoms with van der Waals surface area (Å²) in [7, 11) is 0. The first kappa shape index (κ1) is 7.41. The molecule has 1 nitrogen and oxygen atoms in total.